The van der Waals surface area contributed by atoms with Crippen LogP contribution >= 0.6 is 0 Å². The molecule has 4 rings (SSSR count). The van der Waals surface area contributed by atoms with E-state index >= 15 is 0 Å². The lowest BCUT2D eigenvalue weighted by molar-refractivity contribution is -0.136. The van der Waals surface area contributed by atoms with Crippen LogP contribution in [-0.4, -0.2) is 35.4 Å². The SMILES string of the molecule is CC(C)C(=O)N1CCc2ccc(OC(C)C(=O)NC3CC3)cc2C1c1ccc(F)cc1. The highest BCUT2D eigenvalue weighted by molar-refractivity contribution is 5.81. The van der Waals surface area contributed by atoms with E-state index in [1.54, 1.807) is 19.1 Å². The second kappa shape index (κ2) is 8.69. The zero-order chi connectivity index (χ0) is 22.1. The third kappa shape index (κ3) is 4.73. The fourth-order valence-corrected chi connectivity index (χ4v) is 4.04. The molecule has 2 amide bonds. The van der Waals surface area contributed by atoms with Crippen molar-refractivity contribution in [3.8, 4) is 5.75 Å². The number of halogens is 1. The quantitative estimate of drug-likeness (QED) is 0.763. The molecule has 6 heteroatoms. The lowest BCUT2D eigenvalue weighted by atomic mass is 9.87. The molecule has 2 atom stereocenters. The van der Waals surface area contributed by atoms with Crippen molar-refractivity contribution in [3.63, 3.8) is 0 Å². The first-order valence-electron chi connectivity index (χ1n) is 11.0. The fourth-order valence-electron chi connectivity index (χ4n) is 4.04. The van der Waals surface area contributed by atoms with Gasteiger partial charge in [-0.3, -0.25) is 9.59 Å². The smallest absolute Gasteiger partial charge is 0.260 e. The number of benzene rings is 2. The molecule has 0 radical (unpaired) electrons. The summed E-state index contributed by atoms with van der Waals surface area (Å²) in [6, 6.07) is 12.1. The molecule has 1 fully saturated rings. The van der Waals surface area contributed by atoms with Crippen LogP contribution in [0.5, 0.6) is 5.75 Å². The number of fused-ring (bicyclic) bond motifs is 1. The van der Waals surface area contributed by atoms with Gasteiger partial charge in [-0.25, -0.2) is 4.39 Å². The molecule has 0 saturated heterocycles. The largest absolute Gasteiger partial charge is 0.481 e. The number of nitrogens with zero attached hydrogens (tertiary/aromatic N) is 1. The summed E-state index contributed by atoms with van der Waals surface area (Å²) < 4.78 is 19.5. The minimum absolute atomic E-state index is 0.0588. The van der Waals surface area contributed by atoms with Crippen LogP contribution < -0.4 is 10.1 Å². The van der Waals surface area contributed by atoms with Gasteiger partial charge in [-0.2, -0.15) is 0 Å². The highest BCUT2D eigenvalue weighted by Gasteiger charge is 2.34. The Morgan fingerprint density at radius 2 is 1.81 bits per heavy atom. The van der Waals surface area contributed by atoms with Gasteiger partial charge < -0.3 is 15.0 Å². The van der Waals surface area contributed by atoms with Gasteiger partial charge in [0.05, 0.1) is 6.04 Å². The van der Waals surface area contributed by atoms with Crippen LogP contribution in [-0.2, 0) is 16.0 Å². The van der Waals surface area contributed by atoms with Crippen LogP contribution in [0.3, 0.4) is 0 Å². The Bertz CT molecular complexity index is 969. The van der Waals surface area contributed by atoms with Crippen LogP contribution in [0.1, 0.15) is 56.3 Å². The molecule has 2 unspecified atom stereocenters. The van der Waals surface area contributed by atoms with Crippen LogP contribution in [0.4, 0.5) is 4.39 Å². The van der Waals surface area contributed by atoms with Crippen LogP contribution in [0, 0.1) is 11.7 Å². The summed E-state index contributed by atoms with van der Waals surface area (Å²) in [5, 5.41) is 2.96. The van der Waals surface area contributed by atoms with Gasteiger partial charge in [-0.1, -0.05) is 32.0 Å². The van der Waals surface area contributed by atoms with E-state index in [2.05, 4.69) is 5.32 Å². The summed E-state index contributed by atoms with van der Waals surface area (Å²) in [6.45, 7) is 6.12. The van der Waals surface area contributed by atoms with E-state index in [1.165, 1.54) is 12.1 Å². The summed E-state index contributed by atoms with van der Waals surface area (Å²) in [5.74, 6) is 0.0720. The van der Waals surface area contributed by atoms with Gasteiger partial charge in [-0.15, -0.1) is 0 Å². The Hall–Kier alpha value is -2.89. The third-order valence-electron chi connectivity index (χ3n) is 5.91. The van der Waals surface area contributed by atoms with Crippen LogP contribution in [0.25, 0.3) is 0 Å². The van der Waals surface area contributed by atoms with E-state index in [9.17, 15) is 14.0 Å². The maximum atomic E-state index is 13.6. The number of carbonyl (C=O) groups excluding carboxylic acids is 2. The normalized spacial score (nSPS) is 19.0. The Morgan fingerprint density at radius 3 is 2.45 bits per heavy atom. The first-order valence-corrected chi connectivity index (χ1v) is 11.0. The van der Waals surface area contributed by atoms with Crippen molar-refractivity contribution in [2.24, 2.45) is 5.92 Å². The standard InChI is InChI=1S/C25H29FN2O3/c1-15(2)25(30)28-13-12-17-6-11-21(31-16(3)24(29)27-20-9-10-20)14-22(17)23(28)18-4-7-19(26)8-5-18/h4-8,11,14-16,20,23H,9-10,12-13H2,1-3H3,(H,27,29). The molecule has 0 bridgehead atoms. The molecular formula is C25H29FN2O3. The first-order chi connectivity index (χ1) is 14.8. The molecule has 2 aliphatic rings. The summed E-state index contributed by atoms with van der Waals surface area (Å²) >= 11 is 0. The lowest BCUT2D eigenvalue weighted by Crippen LogP contribution is -2.42. The van der Waals surface area contributed by atoms with Crippen LogP contribution in [0.15, 0.2) is 42.5 Å². The number of hydrogen-bond donors (Lipinski definition) is 1. The van der Waals surface area contributed by atoms with E-state index in [0.717, 1.165) is 36.0 Å². The van der Waals surface area contributed by atoms with Gasteiger partial charge in [0.15, 0.2) is 6.10 Å². The monoisotopic (exact) mass is 424 g/mol. The molecule has 1 aliphatic carbocycles. The van der Waals surface area contributed by atoms with Crippen molar-refractivity contribution >= 4 is 11.8 Å². The van der Waals surface area contributed by atoms with Crippen LogP contribution in [0.2, 0.25) is 0 Å². The van der Waals surface area contributed by atoms with E-state index in [-0.39, 0.29) is 35.6 Å². The predicted octanol–water partition coefficient (Wildman–Crippen LogP) is 4.00. The van der Waals surface area contributed by atoms with Gasteiger partial charge in [-0.05, 0) is 67.1 Å². The second-order valence-electron chi connectivity index (χ2n) is 8.79. The number of carbonyl (C=O) groups is 2. The molecule has 164 valence electrons. The maximum absolute atomic E-state index is 13.6. The fraction of sp³-hybridized carbons (Fsp3) is 0.440. The van der Waals surface area contributed by atoms with Crippen molar-refractivity contribution in [3.05, 3.63) is 65.0 Å². The van der Waals surface area contributed by atoms with E-state index in [0.29, 0.717) is 12.3 Å². The van der Waals surface area contributed by atoms with Crippen molar-refractivity contribution in [1.29, 1.82) is 0 Å². The molecule has 2 aromatic rings. The molecule has 0 spiro atoms. The average Bonchev–Trinajstić information content (AvgIpc) is 3.57. The highest BCUT2D eigenvalue weighted by Crippen LogP contribution is 2.38. The minimum Gasteiger partial charge on any atom is -0.481 e. The van der Waals surface area contributed by atoms with Crippen molar-refractivity contribution in [2.75, 3.05) is 6.54 Å². The van der Waals surface area contributed by atoms with E-state index in [4.69, 9.17) is 4.74 Å². The molecule has 0 aromatic heterocycles. The number of amides is 2. The number of rotatable bonds is 6. The predicted molar refractivity (Wildman–Crippen MR) is 116 cm³/mol. The summed E-state index contributed by atoms with van der Waals surface area (Å²) in [5.41, 5.74) is 2.94. The van der Waals surface area contributed by atoms with E-state index < -0.39 is 6.10 Å². The summed E-state index contributed by atoms with van der Waals surface area (Å²) in [4.78, 5) is 27.2. The Morgan fingerprint density at radius 1 is 1.10 bits per heavy atom. The Labute approximate surface area is 182 Å². The first kappa shape index (κ1) is 21.3. The Kier molecular flexibility index (Phi) is 5.99. The van der Waals surface area contributed by atoms with Gasteiger partial charge in [0.1, 0.15) is 11.6 Å². The molecule has 1 saturated carbocycles. The summed E-state index contributed by atoms with van der Waals surface area (Å²) in [6.07, 6.45) is 2.18. The zero-order valence-electron chi connectivity index (χ0n) is 18.2. The molecule has 2 aromatic carbocycles. The van der Waals surface area contributed by atoms with Gasteiger partial charge >= 0.3 is 0 Å². The van der Waals surface area contributed by atoms with Gasteiger partial charge in [0.25, 0.3) is 5.91 Å². The van der Waals surface area contributed by atoms with Gasteiger partial charge in [0, 0.05) is 18.5 Å². The minimum atomic E-state index is -0.611. The molecule has 1 aliphatic heterocycles. The van der Waals surface area contributed by atoms with Crippen molar-refractivity contribution < 1.29 is 18.7 Å². The maximum Gasteiger partial charge on any atom is 0.260 e. The molecule has 1 heterocycles. The van der Waals surface area contributed by atoms with Crippen molar-refractivity contribution in [2.45, 2.75) is 58.2 Å². The number of hydrogen-bond acceptors (Lipinski definition) is 3. The van der Waals surface area contributed by atoms with E-state index in [1.807, 2.05) is 36.9 Å². The van der Waals surface area contributed by atoms with Gasteiger partial charge in [0.2, 0.25) is 5.91 Å². The molecule has 5 nitrogen and oxygen atoms in total. The number of ether oxygens (including phenoxy) is 1. The topological polar surface area (TPSA) is 58.6 Å². The molecule has 31 heavy (non-hydrogen) atoms. The third-order valence-corrected chi connectivity index (χ3v) is 5.91. The molecular weight excluding hydrogens is 395 g/mol. The van der Waals surface area contributed by atoms with Crippen molar-refractivity contribution in [1.82, 2.24) is 10.2 Å². The number of nitrogens with one attached hydrogen (secondary N) is 1. The lowest BCUT2D eigenvalue weighted by Gasteiger charge is -2.39. The average molecular weight is 425 g/mol. The highest BCUT2D eigenvalue weighted by atomic mass is 19.1. The second-order valence-corrected chi connectivity index (χ2v) is 8.79. The molecule has 1 N–H and O–H groups in total. The Balaban J connectivity index is 1.66. The summed E-state index contributed by atoms with van der Waals surface area (Å²) in [7, 11) is 0. The zero-order valence-corrected chi connectivity index (χ0v) is 18.2.